The summed E-state index contributed by atoms with van der Waals surface area (Å²) in [5.41, 5.74) is 7.47. The molecule has 1 fully saturated rings. The van der Waals surface area contributed by atoms with Gasteiger partial charge in [-0.15, -0.1) is 0 Å². The molecule has 2 amide bonds. The topological polar surface area (TPSA) is 122 Å². The highest BCUT2D eigenvalue weighted by molar-refractivity contribution is 5.96. The van der Waals surface area contributed by atoms with Crippen molar-refractivity contribution in [1.82, 2.24) is 15.3 Å². The highest BCUT2D eigenvalue weighted by Gasteiger charge is 2.31. The van der Waals surface area contributed by atoms with E-state index in [0.29, 0.717) is 11.6 Å². The van der Waals surface area contributed by atoms with Gasteiger partial charge in [0.1, 0.15) is 5.82 Å². The van der Waals surface area contributed by atoms with Crippen LogP contribution in [-0.2, 0) is 4.79 Å². The minimum absolute atomic E-state index is 0.0600. The Balaban J connectivity index is 1.78. The van der Waals surface area contributed by atoms with Gasteiger partial charge in [-0.2, -0.15) is 0 Å². The Bertz CT molecular complexity index is 928. The van der Waals surface area contributed by atoms with Crippen molar-refractivity contribution in [3.8, 4) is 0 Å². The van der Waals surface area contributed by atoms with Crippen molar-refractivity contribution < 1.29 is 9.59 Å². The Morgan fingerprint density at radius 1 is 1.20 bits per heavy atom. The molecule has 30 heavy (non-hydrogen) atoms. The van der Waals surface area contributed by atoms with Crippen LogP contribution in [0.4, 0.5) is 17.3 Å². The van der Waals surface area contributed by atoms with Crippen LogP contribution in [0.2, 0.25) is 0 Å². The van der Waals surface area contributed by atoms with Crippen LogP contribution in [0.15, 0.2) is 43.1 Å². The molecule has 1 aliphatic rings. The molecule has 5 N–H and O–H groups in total. The monoisotopic (exact) mass is 408 g/mol. The lowest BCUT2D eigenvalue weighted by Crippen LogP contribution is -2.48. The van der Waals surface area contributed by atoms with Gasteiger partial charge in [0.15, 0.2) is 11.5 Å². The van der Waals surface area contributed by atoms with Gasteiger partial charge in [0.05, 0.1) is 6.20 Å². The first-order valence-electron chi connectivity index (χ1n) is 10.1. The normalized spacial score (nSPS) is 20.8. The Morgan fingerprint density at radius 3 is 2.57 bits per heavy atom. The van der Waals surface area contributed by atoms with Crippen molar-refractivity contribution >= 4 is 29.1 Å². The largest absolute Gasteiger partial charge is 0.366 e. The van der Waals surface area contributed by atoms with Crippen molar-refractivity contribution in [1.29, 1.82) is 0 Å². The summed E-state index contributed by atoms with van der Waals surface area (Å²) in [6.07, 6.45) is 5.65. The summed E-state index contributed by atoms with van der Waals surface area (Å²) < 4.78 is 0. The average Bonchev–Trinajstić information content (AvgIpc) is 2.72. The minimum atomic E-state index is -0.651. The molecular formula is C22H28N6O2. The molecule has 0 radical (unpaired) electrons. The minimum Gasteiger partial charge on any atom is -0.366 e. The maximum Gasteiger partial charge on any atom is 0.271 e. The zero-order chi connectivity index (χ0) is 21.7. The van der Waals surface area contributed by atoms with E-state index in [1.807, 2.05) is 31.2 Å². The van der Waals surface area contributed by atoms with Gasteiger partial charge in [-0.25, -0.2) is 9.97 Å². The van der Waals surface area contributed by atoms with Crippen LogP contribution >= 0.6 is 0 Å². The standard InChI is InChI=1S/C22H28N6O2/c1-4-19(29)27-17-7-5-6-16(14(17)3)26-18-12-24-20(21(23)30)22(28-18)25-15-10-8-13(2)9-11-15/h4,8-12,14,16-17H,1,5-7H2,2-3H3,(H2,23,30)(H,27,29)(H2,25,26,28)/t14-,16-,17?/m1/s1. The van der Waals surface area contributed by atoms with E-state index in [0.717, 1.165) is 30.5 Å². The molecule has 0 spiro atoms. The number of anilines is 3. The van der Waals surface area contributed by atoms with Crippen molar-refractivity contribution in [3.05, 3.63) is 54.4 Å². The Kier molecular flexibility index (Phi) is 6.66. The number of rotatable bonds is 7. The van der Waals surface area contributed by atoms with Crippen molar-refractivity contribution in [3.63, 3.8) is 0 Å². The van der Waals surface area contributed by atoms with Crippen LogP contribution in [0.25, 0.3) is 0 Å². The second kappa shape index (κ2) is 9.39. The quantitative estimate of drug-likeness (QED) is 0.523. The molecule has 2 aromatic rings. The fraction of sp³-hybridized carbons (Fsp3) is 0.364. The molecule has 8 heteroatoms. The maximum atomic E-state index is 11.8. The number of carbonyl (C=O) groups is 2. The van der Waals surface area contributed by atoms with E-state index in [2.05, 4.69) is 39.4 Å². The van der Waals surface area contributed by atoms with Crippen molar-refractivity contribution in [2.45, 2.75) is 45.2 Å². The first kappa shape index (κ1) is 21.3. The molecule has 1 aromatic heterocycles. The van der Waals surface area contributed by atoms with Gasteiger partial charge < -0.3 is 21.7 Å². The highest BCUT2D eigenvalue weighted by atomic mass is 16.2. The predicted molar refractivity (Wildman–Crippen MR) is 118 cm³/mol. The zero-order valence-electron chi connectivity index (χ0n) is 17.3. The van der Waals surface area contributed by atoms with E-state index in [4.69, 9.17) is 5.73 Å². The molecule has 1 aliphatic carbocycles. The van der Waals surface area contributed by atoms with E-state index in [-0.39, 0.29) is 29.6 Å². The van der Waals surface area contributed by atoms with Gasteiger partial charge in [-0.05, 0) is 50.3 Å². The van der Waals surface area contributed by atoms with E-state index < -0.39 is 5.91 Å². The summed E-state index contributed by atoms with van der Waals surface area (Å²) in [5, 5.41) is 9.54. The third-order valence-corrected chi connectivity index (χ3v) is 5.47. The molecule has 1 heterocycles. The van der Waals surface area contributed by atoms with Gasteiger partial charge in [-0.1, -0.05) is 31.2 Å². The van der Waals surface area contributed by atoms with Gasteiger partial charge in [0, 0.05) is 17.8 Å². The number of aryl methyl sites for hydroxylation is 1. The summed E-state index contributed by atoms with van der Waals surface area (Å²) in [6.45, 7) is 7.62. The number of primary amides is 1. The smallest absolute Gasteiger partial charge is 0.271 e. The second-order valence-electron chi connectivity index (χ2n) is 7.67. The van der Waals surface area contributed by atoms with Gasteiger partial charge in [0.2, 0.25) is 5.91 Å². The number of nitrogens with two attached hydrogens (primary N) is 1. The fourth-order valence-electron chi connectivity index (χ4n) is 3.70. The van der Waals surface area contributed by atoms with Crippen LogP contribution in [0.1, 0.15) is 42.2 Å². The summed E-state index contributed by atoms with van der Waals surface area (Å²) >= 11 is 0. The average molecular weight is 409 g/mol. The SMILES string of the molecule is C=CC(=O)NC1CCC[C@@H](Nc2cnc(C(N)=O)c(Nc3ccc(C)cc3)n2)[C@H]1C. The molecule has 0 aliphatic heterocycles. The third-order valence-electron chi connectivity index (χ3n) is 5.47. The lowest BCUT2D eigenvalue weighted by Gasteiger charge is -2.37. The molecule has 3 rings (SSSR count). The van der Waals surface area contributed by atoms with Crippen LogP contribution in [0, 0.1) is 12.8 Å². The molecule has 0 bridgehead atoms. The summed E-state index contributed by atoms with van der Waals surface area (Å²) in [6, 6.07) is 7.89. The number of nitrogens with one attached hydrogen (secondary N) is 3. The number of hydrogen-bond acceptors (Lipinski definition) is 6. The van der Waals surface area contributed by atoms with E-state index >= 15 is 0 Å². The molecule has 158 valence electrons. The number of amides is 2. The van der Waals surface area contributed by atoms with Crippen molar-refractivity contribution in [2.24, 2.45) is 11.7 Å². The van der Waals surface area contributed by atoms with E-state index in [1.54, 1.807) is 0 Å². The van der Waals surface area contributed by atoms with E-state index in [1.165, 1.54) is 12.3 Å². The van der Waals surface area contributed by atoms with Gasteiger partial charge in [0.25, 0.3) is 5.91 Å². The fourth-order valence-corrected chi connectivity index (χ4v) is 3.70. The van der Waals surface area contributed by atoms with Crippen LogP contribution in [-0.4, -0.2) is 33.9 Å². The highest BCUT2D eigenvalue weighted by Crippen LogP contribution is 2.28. The number of nitrogens with zero attached hydrogens (tertiary/aromatic N) is 2. The van der Waals surface area contributed by atoms with Crippen molar-refractivity contribution in [2.75, 3.05) is 10.6 Å². The molecule has 1 aromatic carbocycles. The number of aromatic nitrogens is 2. The van der Waals surface area contributed by atoms with E-state index in [9.17, 15) is 9.59 Å². The first-order chi connectivity index (χ1) is 14.4. The maximum absolute atomic E-state index is 11.8. The van der Waals surface area contributed by atoms with Crippen LogP contribution in [0.3, 0.4) is 0 Å². The lowest BCUT2D eigenvalue weighted by molar-refractivity contribution is -0.117. The number of carbonyl (C=O) groups excluding carboxylic acids is 2. The Labute approximate surface area is 176 Å². The second-order valence-corrected chi connectivity index (χ2v) is 7.67. The predicted octanol–water partition coefficient (Wildman–Crippen LogP) is 2.90. The Hall–Kier alpha value is -3.42. The molecule has 3 atom stereocenters. The summed E-state index contributed by atoms with van der Waals surface area (Å²) in [4.78, 5) is 32.3. The molecule has 0 saturated heterocycles. The number of benzene rings is 1. The van der Waals surface area contributed by atoms with Gasteiger partial charge >= 0.3 is 0 Å². The summed E-state index contributed by atoms with van der Waals surface area (Å²) in [5.74, 6) is 0.219. The number of hydrogen-bond donors (Lipinski definition) is 4. The third kappa shape index (κ3) is 5.14. The lowest BCUT2D eigenvalue weighted by atomic mass is 9.81. The van der Waals surface area contributed by atoms with Crippen LogP contribution < -0.4 is 21.7 Å². The van der Waals surface area contributed by atoms with Gasteiger partial charge in [-0.3, -0.25) is 9.59 Å². The molecular weight excluding hydrogens is 380 g/mol. The molecule has 1 saturated carbocycles. The molecule has 1 unspecified atom stereocenters. The zero-order valence-corrected chi connectivity index (χ0v) is 17.3. The first-order valence-corrected chi connectivity index (χ1v) is 10.1. The van der Waals surface area contributed by atoms with Crippen LogP contribution in [0.5, 0.6) is 0 Å². The Morgan fingerprint density at radius 2 is 1.90 bits per heavy atom. The summed E-state index contributed by atoms with van der Waals surface area (Å²) in [7, 11) is 0. The molecule has 8 nitrogen and oxygen atoms in total.